The number of hydrogen-bond donors (Lipinski definition) is 2. The van der Waals surface area contributed by atoms with E-state index >= 15 is 0 Å². The number of nitrogens with one attached hydrogen (secondary N) is 1. The molecule has 0 amide bonds. The van der Waals surface area contributed by atoms with Gasteiger partial charge in [-0.25, -0.2) is 23.3 Å². The van der Waals surface area contributed by atoms with Crippen LogP contribution in [0.3, 0.4) is 0 Å². The number of halogens is 1. The highest BCUT2D eigenvalue weighted by Gasteiger charge is 2.49. The lowest BCUT2D eigenvalue weighted by Crippen LogP contribution is -2.48. The number of nitrogen functional groups attached to an aromatic ring is 1. The molecule has 2 atom stereocenters. The highest BCUT2D eigenvalue weighted by atomic mass is 35.5. The summed E-state index contributed by atoms with van der Waals surface area (Å²) in [6, 6.07) is 9.97. The second-order valence-corrected chi connectivity index (χ2v) is 15.0. The van der Waals surface area contributed by atoms with Crippen LogP contribution < -0.4 is 15.4 Å². The van der Waals surface area contributed by atoms with Gasteiger partial charge in [0.1, 0.15) is 12.1 Å². The van der Waals surface area contributed by atoms with E-state index in [1.54, 1.807) is 18.7 Å². The van der Waals surface area contributed by atoms with E-state index in [2.05, 4.69) is 36.9 Å². The third-order valence-electron chi connectivity index (χ3n) is 7.99. The molecule has 4 heterocycles. The van der Waals surface area contributed by atoms with Crippen LogP contribution in [-0.2, 0) is 17.4 Å². The number of nitrogens with zero attached hydrogens (tertiary/aromatic N) is 7. The Morgan fingerprint density at radius 2 is 2.00 bits per heavy atom. The van der Waals surface area contributed by atoms with Gasteiger partial charge in [-0.05, 0) is 68.7 Å². The van der Waals surface area contributed by atoms with Gasteiger partial charge in [0.25, 0.3) is 0 Å². The molecule has 1 saturated heterocycles. The van der Waals surface area contributed by atoms with E-state index in [0.29, 0.717) is 16.2 Å². The fourth-order valence-corrected chi connectivity index (χ4v) is 7.85. The Morgan fingerprint density at radius 3 is 2.73 bits per heavy atom. The molecule has 3 aromatic heterocycles. The number of rotatable bonds is 5. The molecule has 4 aromatic rings. The molecule has 1 fully saturated rings. The van der Waals surface area contributed by atoms with Crippen molar-refractivity contribution in [1.82, 2.24) is 29.3 Å². The first-order valence-electron chi connectivity index (χ1n) is 13.3. The van der Waals surface area contributed by atoms with Crippen LogP contribution in [0.4, 0.5) is 11.8 Å². The van der Waals surface area contributed by atoms with Crippen molar-refractivity contribution in [3.63, 3.8) is 0 Å². The lowest BCUT2D eigenvalue weighted by Gasteiger charge is -2.44. The topological polar surface area (TPSA) is 138 Å². The van der Waals surface area contributed by atoms with E-state index in [1.807, 2.05) is 43.4 Å². The molecule has 1 aliphatic carbocycles. The van der Waals surface area contributed by atoms with Crippen molar-refractivity contribution >= 4 is 51.8 Å². The Balaban J connectivity index is 1.28. The zero-order valence-electron chi connectivity index (χ0n) is 23.0. The molecule has 1 aliphatic heterocycles. The summed E-state index contributed by atoms with van der Waals surface area (Å²) in [4.78, 5) is 12.7. The van der Waals surface area contributed by atoms with Crippen molar-refractivity contribution in [1.29, 1.82) is 5.26 Å². The van der Waals surface area contributed by atoms with Crippen LogP contribution in [0.25, 0.3) is 5.65 Å². The zero-order chi connectivity index (χ0) is 28.9. The zero-order valence-corrected chi connectivity index (χ0v) is 25.4. The van der Waals surface area contributed by atoms with Gasteiger partial charge >= 0.3 is 0 Å². The van der Waals surface area contributed by atoms with Gasteiger partial charge in [0.15, 0.2) is 5.65 Å². The molecule has 0 unspecified atom stereocenters. The molecule has 212 valence electrons. The predicted molar refractivity (Wildman–Crippen MR) is 161 cm³/mol. The lowest BCUT2D eigenvalue weighted by molar-refractivity contribution is 0.176. The largest absolute Gasteiger partial charge is 0.382 e. The van der Waals surface area contributed by atoms with Gasteiger partial charge in [-0.2, -0.15) is 5.26 Å². The molecule has 2 aliphatic rings. The summed E-state index contributed by atoms with van der Waals surface area (Å²) in [6.45, 7) is 7.42. The average Bonchev–Trinajstić information content (AvgIpc) is 3.55. The maximum absolute atomic E-state index is 13.3. The van der Waals surface area contributed by atoms with Crippen molar-refractivity contribution in [3.8, 4) is 6.07 Å². The van der Waals surface area contributed by atoms with Crippen molar-refractivity contribution in [3.05, 3.63) is 64.7 Å². The molecule has 1 aromatic carbocycles. The van der Waals surface area contributed by atoms with E-state index in [1.165, 1.54) is 11.8 Å². The summed E-state index contributed by atoms with van der Waals surface area (Å²) in [7, 11) is -1.25. The monoisotopic (exact) mass is 607 g/mol. The Bertz CT molecular complexity index is 1700. The fraction of sp³-hybridized carbons (Fsp3) is 0.393. The SMILES string of the molecule is CC(C)(C)[S@@](=O)N[C@@H]1c2cccc(C#N)c2CC12CCN(c1ncc(Sc3ccnc(N)c3Cl)c3nncn13)CC2. The van der Waals surface area contributed by atoms with Crippen LogP contribution in [0.15, 0.2) is 52.8 Å². The van der Waals surface area contributed by atoms with E-state index in [0.717, 1.165) is 59.2 Å². The Morgan fingerprint density at radius 1 is 1.22 bits per heavy atom. The summed E-state index contributed by atoms with van der Waals surface area (Å²) in [5.41, 5.74) is 9.27. The number of fused-ring (bicyclic) bond motifs is 2. The summed E-state index contributed by atoms with van der Waals surface area (Å²) in [6.07, 6.45) is 7.56. The number of nitriles is 1. The maximum atomic E-state index is 13.3. The van der Waals surface area contributed by atoms with Crippen LogP contribution in [0.5, 0.6) is 0 Å². The molecular formula is C28H30ClN9OS2. The fourth-order valence-electron chi connectivity index (χ4n) is 5.78. The number of hydrogen-bond acceptors (Lipinski definition) is 9. The smallest absolute Gasteiger partial charge is 0.212 e. The first-order chi connectivity index (χ1) is 19.6. The van der Waals surface area contributed by atoms with E-state index in [9.17, 15) is 9.47 Å². The van der Waals surface area contributed by atoms with Crippen molar-refractivity contribution in [2.24, 2.45) is 5.41 Å². The number of piperidine rings is 1. The molecule has 0 saturated carbocycles. The lowest BCUT2D eigenvalue weighted by atomic mass is 9.73. The minimum Gasteiger partial charge on any atom is -0.382 e. The van der Waals surface area contributed by atoms with Gasteiger partial charge in [0, 0.05) is 30.4 Å². The van der Waals surface area contributed by atoms with Crippen LogP contribution in [0.2, 0.25) is 5.02 Å². The normalized spacial score (nSPS) is 18.9. The van der Waals surface area contributed by atoms with Crippen LogP contribution in [0.1, 0.15) is 56.3 Å². The van der Waals surface area contributed by atoms with Crippen LogP contribution in [0, 0.1) is 16.7 Å². The predicted octanol–water partition coefficient (Wildman–Crippen LogP) is 4.71. The molecule has 3 N–H and O–H groups in total. The molecule has 13 heteroatoms. The first-order valence-corrected chi connectivity index (χ1v) is 15.7. The highest BCUT2D eigenvalue weighted by Crippen LogP contribution is 2.53. The third-order valence-corrected chi connectivity index (χ3v) is 11.1. The summed E-state index contributed by atoms with van der Waals surface area (Å²) >= 11 is 7.80. The van der Waals surface area contributed by atoms with Gasteiger partial charge in [0.05, 0.1) is 43.3 Å². The summed E-state index contributed by atoms with van der Waals surface area (Å²) < 4.78 is 18.3. The Kier molecular flexibility index (Phi) is 7.18. The van der Waals surface area contributed by atoms with Crippen LogP contribution >= 0.6 is 23.4 Å². The van der Waals surface area contributed by atoms with Gasteiger partial charge < -0.3 is 10.6 Å². The maximum Gasteiger partial charge on any atom is 0.212 e. The number of nitrogens with two attached hydrogens (primary N) is 1. The molecule has 0 bridgehead atoms. The molecule has 10 nitrogen and oxygen atoms in total. The van der Waals surface area contributed by atoms with Gasteiger partial charge in [-0.15, -0.1) is 10.2 Å². The second-order valence-electron chi connectivity index (χ2n) is 11.5. The standard InChI is InChI=1S/C28H30ClN9OS2/c1-27(2,3)41(39)36-23-18-6-4-5-17(14-30)19(18)13-28(23)8-11-37(12-9-28)26-33-15-21(25-35-34-16-38(25)26)40-20-7-10-32-24(31)22(20)29/h4-7,10,15-16,23,36H,8-9,11-13H2,1-3H3,(H2,31,32)/t23-,41-/m1/s1. The van der Waals surface area contributed by atoms with Crippen molar-refractivity contribution < 1.29 is 4.21 Å². The van der Waals surface area contributed by atoms with Crippen molar-refractivity contribution in [2.45, 2.75) is 60.6 Å². The Labute approximate surface area is 250 Å². The third kappa shape index (κ3) is 4.95. The number of pyridine rings is 1. The van der Waals surface area contributed by atoms with Gasteiger partial charge in [-0.1, -0.05) is 35.5 Å². The van der Waals surface area contributed by atoms with Crippen LogP contribution in [-0.4, -0.2) is 46.6 Å². The van der Waals surface area contributed by atoms with E-state index in [-0.39, 0.29) is 17.3 Å². The number of anilines is 2. The number of aromatic nitrogens is 5. The molecule has 41 heavy (non-hydrogen) atoms. The molecule has 6 rings (SSSR count). The average molecular weight is 608 g/mol. The molecule has 0 radical (unpaired) electrons. The van der Waals surface area contributed by atoms with Crippen molar-refractivity contribution in [2.75, 3.05) is 23.7 Å². The first kappa shape index (κ1) is 27.9. The highest BCUT2D eigenvalue weighted by molar-refractivity contribution is 7.99. The minimum absolute atomic E-state index is 0.104. The van der Waals surface area contributed by atoms with E-state index in [4.69, 9.17) is 22.3 Å². The molecule has 1 spiro atoms. The summed E-state index contributed by atoms with van der Waals surface area (Å²) in [5, 5.41) is 18.8. The van der Waals surface area contributed by atoms with E-state index < -0.39 is 15.7 Å². The summed E-state index contributed by atoms with van der Waals surface area (Å²) in [5.74, 6) is 1.04. The van der Waals surface area contributed by atoms with Gasteiger partial charge in [-0.3, -0.25) is 0 Å². The molecular weight excluding hydrogens is 578 g/mol. The quantitative estimate of drug-likeness (QED) is 0.330. The minimum atomic E-state index is -1.25. The Hall–Kier alpha value is -3.24. The second kappa shape index (κ2) is 10.5. The van der Waals surface area contributed by atoms with Gasteiger partial charge in [0.2, 0.25) is 5.95 Å². The number of benzene rings is 1.